The van der Waals surface area contributed by atoms with Gasteiger partial charge in [0.2, 0.25) is 0 Å². The SMILES string of the molecule is CCN(CC)CC(C)(C)C=C1C(=O)NC(=S)N(c2ccc(Cl)cc2)C1=O. The molecule has 0 aromatic heterocycles. The second-order valence-electron chi connectivity index (χ2n) is 6.88. The van der Waals surface area contributed by atoms with Gasteiger partial charge in [-0.2, -0.15) is 0 Å². The second kappa shape index (κ2) is 8.29. The van der Waals surface area contributed by atoms with Crippen molar-refractivity contribution in [1.29, 1.82) is 0 Å². The summed E-state index contributed by atoms with van der Waals surface area (Å²) < 4.78 is 0. The van der Waals surface area contributed by atoms with Crippen LogP contribution in [0.2, 0.25) is 5.02 Å². The van der Waals surface area contributed by atoms with Crippen LogP contribution in [0, 0.1) is 5.41 Å². The summed E-state index contributed by atoms with van der Waals surface area (Å²) in [5.41, 5.74) is 0.321. The summed E-state index contributed by atoms with van der Waals surface area (Å²) in [6.07, 6.45) is 1.74. The number of benzene rings is 1. The van der Waals surface area contributed by atoms with E-state index in [-0.39, 0.29) is 16.1 Å². The van der Waals surface area contributed by atoms with Crippen molar-refractivity contribution in [3.8, 4) is 0 Å². The van der Waals surface area contributed by atoms with Crippen LogP contribution in [0.15, 0.2) is 35.9 Å². The van der Waals surface area contributed by atoms with Crippen molar-refractivity contribution in [1.82, 2.24) is 10.2 Å². The number of hydrogen-bond acceptors (Lipinski definition) is 4. The zero-order chi connectivity index (χ0) is 19.5. The van der Waals surface area contributed by atoms with E-state index in [9.17, 15) is 9.59 Å². The highest BCUT2D eigenvalue weighted by Crippen LogP contribution is 2.26. The molecule has 1 aromatic rings. The first kappa shape index (κ1) is 20.6. The van der Waals surface area contributed by atoms with Gasteiger partial charge in [0.05, 0.1) is 5.69 Å². The van der Waals surface area contributed by atoms with Crippen molar-refractivity contribution < 1.29 is 9.59 Å². The number of carbonyl (C=O) groups excluding carboxylic acids is 2. The molecule has 0 spiro atoms. The Balaban J connectivity index is 2.35. The maximum absolute atomic E-state index is 13.0. The van der Waals surface area contributed by atoms with E-state index in [4.69, 9.17) is 23.8 Å². The van der Waals surface area contributed by atoms with Gasteiger partial charge in [-0.15, -0.1) is 0 Å². The van der Waals surface area contributed by atoms with Crippen molar-refractivity contribution >= 4 is 46.4 Å². The Kier molecular flexibility index (Phi) is 6.55. The molecule has 0 saturated carbocycles. The van der Waals surface area contributed by atoms with Crippen LogP contribution in [0.3, 0.4) is 0 Å². The molecule has 0 bridgehead atoms. The Hall–Kier alpha value is -1.76. The molecule has 0 aliphatic carbocycles. The summed E-state index contributed by atoms with van der Waals surface area (Å²) in [5, 5.41) is 3.24. The van der Waals surface area contributed by atoms with Gasteiger partial charge in [-0.1, -0.05) is 45.4 Å². The molecule has 26 heavy (non-hydrogen) atoms. The van der Waals surface area contributed by atoms with E-state index in [0.717, 1.165) is 19.6 Å². The van der Waals surface area contributed by atoms with Crippen molar-refractivity contribution in [3.05, 3.63) is 40.9 Å². The number of nitrogens with zero attached hydrogens (tertiary/aromatic N) is 2. The molecule has 140 valence electrons. The van der Waals surface area contributed by atoms with Crippen LogP contribution in [-0.4, -0.2) is 41.5 Å². The fraction of sp³-hybridized carbons (Fsp3) is 0.421. The molecule has 0 atom stereocenters. The zero-order valence-corrected chi connectivity index (χ0v) is 17.1. The monoisotopic (exact) mass is 393 g/mol. The number of carbonyl (C=O) groups is 2. The lowest BCUT2D eigenvalue weighted by molar-refractivity contribution is -0.122. The van der Waals surface area contributed by atoms with E-state index in [2.05, 4.69) is 24.1 Å². The minimum absolute atomic E-state index is 0.0704. The number of anilines is 1. The molecule has 1 saturated heterocycles. The maximum atomic E-state index is 13.0. The predicted molar refractivity (Wildman–Crippen MR) is 109 cm³/mol. The van der Waals surface area contributed by atoms with Crippen LogP contribution in [0.1, 0.15) is 27.7 Å². The number of thiocarbonyl (C=S) groups is 1. The minimum atomic E-state index is -0.460. The first-order valence-corrected chi connectivity index (χ1v) is 9.37. The number of hydrogen-bond donors (Lipinski definition) is 1. The van der Waals surface area contributed by atoms with Gasteiger partial charge in [0.25, 0.3) is 11.8 Å². The first-order valence-electron chi connectivity index (χ1n) is 8.59. The first-order chi connectivity index (χ1) is 12.2. The number of nitrogens with one attached hydrogen (secondary N) is 1. The van der Waals surface area contributed by atoms with E-state index in [1.807, 2.05) is 13.8 Å². The van der Waals surface area contributed by atoms with Crippen LogP contribution in [-0.2, 0) is 9.59 Å². The molecule has 0 unspecified atom stereocenters. The molecule has 1 N–H and O–H groups in total. The van der Waals surface area contributed by atoms with E-state index >= 15 is 0 Å². The normalized spacial score (nSPS) is 17.2. The largest absolute Gasteiger partial charge is 0.303 e. The number of rotatable bonds is 6. The summed E-state index contributed by atoms with van der Waals surface area (Å²) in [7, 11) is 0. The van der Waals surface area contributed by atoms with Crippen LogP contribution in [0.5, 0.6) is 0 Å². The molecule has 1 fully saturated rings. The smallest absolute Gasteiger partial charge is 0.269 e. The Labute approximate surface area is 165 Å². The summed E-state index contributed by atoms with van der Waals surface area (Å²) >= 11 is 11.1. The number of halogens is 1. The van der Waals surface area contributed by atoms with E-state index < -0.39 is 11.8 Å². The molecule has 5 nitrogen and oxygen atoms in total. The molecule has 0 radical (unpaired) electrons. The molecule has 2 rings (SSSR count). The third-order valence-corrected chi connectivity index (χ3v) is 4.78. The summed E-state index contributed by atoms with van der Waals surface area (Å²) in [6, 6.07) is 6.75. The Bertz CT molecular complexity index is 740. The van der Waals surface area contributed by atoms with E-state index in [1.165, 1.54) is 4.90 Å². The van der Waals surface area contributed by atoms with Crippen molar-refractivity contribution in [2.24, 2.45) is 5.41 Å². The molecular weight excluding hydrogens is 370 g/mol. The van der Waals surface area contributed by atoms with Crippen LogP contribution in [0.25, 0.3) is 0 Å². The van der Waals surface area contributed by atoms with E-state index in [1.54, 1.807) is 30.3 Å². The topological polar surface area (TPSA) is 52.7 Å². The molecule has 1 heterocycles. The fourth-order valence-corrected chi connectivity index (χ4v) is 3.35. The standard InChI is InChI=1S/C19H24ClN3O2S/c1-5-22(6-2)12-19(3,4)11-15-16(24)21-18(26)23(17(15)25)14-9-7-13(20)8-10-14/h7-11H,5-6,12H2,1-4H3,(H,21,24,26). The van der Waals surface area contributed by atoms with Crippen LogP contribution < -0.4 is 10.2 Å². The van der Waals surface area contributed by atoms with Crippen molar-refractivity contribution in [2.45, 2.75) is 27.7 Å². The Morgan fingerprint density at radius 2 is 1.77 bits per heavy atom. The molecular formula is C19H24ClN3O2S. The molecule has 1 aromatic carbocycles. The highest BCUT2D eigenvalue weighted by Gasteiger charge is 2.36. The lowest BCUT2D eigenvalue weighted by Crippen LogP contribution is -2.54. The van der Waals surface area contributed by atoms with Crippen LogP contribution in [0.4, 0.5) is 5.69 Å². The summed E-state index contributed by atoms with van der Waals surface area (Å²) in [6.45, 7) is 10.8. The average Bonchev–Trinajstić information content (AvgIpc) is 2.58. The van der Waals surface area contributed by atoms with Gasteiger partial charge < -0.3 is 4.90 Å². The third-order valence-electron chi connectivity index (χ3n) is 4.25. The molecule has 1 aliphatic heterocycles. The van der Waals surface area contributed by atoms with Gasteiger partial charge in [-0.25, -0.2) is 0 Å². The van der Waals surface area contributed by atoms with Gasteiger partial charge >= 0.3 is 0 Å². The highest BCUT2D eigenvalue weighted by atomic mass is 35.5. The lowest BCUT2D eigenvalue weighted by Gasteiger charge is -2.32. The summed E-state index contributed by atoms with van der Waals surface area (Å²) in [4.78, 5) is 29.0. The lowest BCUT2D eigenvalue weighted by atomic mass is 9.89. The summed E-state index contributed by atoms with van der Waals surface area (Å²) in [5.74, 6) is -0.883. The Morgan fingerprint density at radius 3 is 2.31 bits per heavy atom. The van der Waals surface area contributed by atoms with Gasteiger partial charge in [0.15, 0.2) is 5.11 Å². The quantitative estimate of drug-likeness (QED) is 0.457. The average molecular weight is 394 g/mol. The third kappa shape index (κ3) is 4.69. The molecule has 1 aliphatic rings. The molecule has 2 amide bonds. The van der Waals surface area contributed by atoms with E-state index in [0.29, 0.717) is 10.7 Å². The highest BCUT2D eigenvalue weighted by molar-refractivity contribution is 7.80. The minimum Gasteiger partial charge on any atom is -0.303 e. The number of amides is 2. The maximum Gasteiger partial charge on any atom is 0.269 e. The second-order valence-corrected chi connectivity index (χ2v) is 7.71. The van der Waals surface area contributed by atoms with Gasteiger partial charge in [-0.05, 0) is 55.0 Å². The van der Waals surface area contributed by atoms with Gasteiger partial charge in [0, 0.05) is 11.6 Å². The fourth-order valence-electron chi connectivity index (χ4n) is 2.94. The molecule has 7 heteroatoms. The zero-order valence-electron chi connectivity index (χ0n) is 15.5. The van der Waals surface area contributed by atoms with Crippen molar-refractivity contribution in [3.63, 3.8) is 0 Å². The Morgan fingerprint density at radius 1 is 1.19 bits per heavy atom. The van der Waals surface area contributed by atoms with Crippen LogP contribution >= 0.6 is 23.8 Å². The van der Waals surface area contributed by atoms with Gasteiger partial charge in [-0.3, -0.25) is 19.8 Å². The van der Waals surface area contributed by atoms with Crippen molar-refractivity contribution in [2.75, 3.05) is 24.5 Å². The van der Waals surface area contributed by atoms with Gasteiger partial charge in [0.1, 0.15) is 5.57 Å². The predicted octanol–water partition coefficient (Wildman–Crippen LogP) is 3.38.